The van der Waals surface area contributed by atoms with Gasteiger partial charge in [-0.05, 0) is 23.3 Å². The van der Waals surface area contributed by atoms with Gasteiger partial charge in [-0.15, -0.1) is 0 Å². The lowest BCUT2D eigenvalue weighted by molar-refractivity contribution is -0.192. The third-order valence-corrected chi connectivity index (χ3v) is 3.66. The van der Waals surface area contributed by atoms with Gasteiger partial charge in [0.25, 0.3) is 0 Å². The number of hydrogen-bond donors (Lipinski definition) is 2. The van der Waals surface area contributed by atoms with Crippen molar-refractivity contribution in [2.45, 2.75) is 18.5 Å². The molecule has 2 rings (SSSR count). The number of rotatable bonds is 5. The van der Waals surface area contributed by atoms with Crippen molar-refractivity contribution in [1.82, 2.24) is 0 Å². The van der Waals surface area contributed by atoms with Crippen LogP contribution >= 0.6 is 0 Å². The zero-order valence-electron chi connectivity index (χ0n) is 14.9. The van der Waals surface area contributed by atoms with Crippen LogP contribution in [0.3, 0.4) is 0 Å². The first-order valence-electron chi connectivity index (χ1n) is 7.93. The first-order valence-corrected chi connectivity index (χ1v) is 7.93. The molecular weight excluding hydrogens is 361 g/mol. The fraction of sp³-hybridized carbons (Fsp3) is 0.263. The molecule has 27 heavy (non-hydrogen) atoms. The van der Waals surface area contributed by atoms with Crippen LogP contribution in [-0.2, 0) is 9.59 Å². The fourth-order valence-electron chi connectivity index (χ4n) is 2.32. The van der Waals surface area contributed by atoms with Crippen LogP contribution in [0.15, 0.2) is 54.6 Å². The molecule has 3 N–H and O–H groups in total. The Kier molecular flexibility index (Phi) is 7.83. The number of anilines is 1. The minimum Gasteiger partial charge on any atom is -0.475 e. The Hall–Kier alpha value is -3.03. The normalized spacial score (nSPS) is 11.7. The summed E-state index contributed by atoms with van der Waals surface area (Å²) < 4.78 is 31.7. The van der Waals surface area contributed by atoms with Gasteiger partial charge in [0, 0.05) is 32.1 Å². The molecule has 0 bridgehead atoms. The molecular formula is C19H21F3N2O3. The molecule has 1 amide bonds. The van der Waals surface area contributed by atoms with Gasteiger partial charge in [0.1, 0.15) is 0 Å². The van der Waals surface area contributed by atoms with Gasteiger partial charge in [-0.25, -0.2) is 4.79 Å². The van der Waals surface area contributed by atoms with Crippen LogP contribution in [0.4, 0.5) is 18.9 Å². The third kappa shape index (κ3) is 7.39. The maximum Gasteiger partial charge on any atom is 0.490 e. The molecule has 0 fully saturated rings. The molecule has 0 saturated carbocycles. The topological polar surface area (TPSA) is 83.6 Å². The lowest BCUT2D eigenvalue weighted by atomic mass is 9.88. The number of carboxylic acids is 1. The molecule has 0 aromatic heterocycles. The largest absolute Gasteiger partial charge is 0.490 e. The number of carbonyl (C=O) groups is 2. The van der Waals surface area contributed by atoms with Gasteiger partial charge in [0.05, 0.1) is 0 Å². The lowest BCUT2D eigenvalue weighted by Gasteiger charge is -2.18. The number of halogens is 3. The van der Waals surface area contributed by atoms with Crippen molar-refractivity contribution in [3.8, 4) is 0 Å². The highest BCUT2D eigenvalue weighted by molar-refractivity contribution is 5.75. The van der Waals surface area contributed by atoms with Crippen molar-refractivity contribution < 1.29 is 27.9 Å². The van der Waals surface area contributed by atoms with Crippen LogP contribution in [0.2, 0.25) is 0 Å². The zero-order valence-corrected chi connectivity index (χ0v) is 14.9. The molecule has 0 radical (unpaired) electrons. The summed E-state index contributed by atoms with van der Waals surface area (Å²) in [6, 6.07) is 18.3. The lowest BCUT2D eigenvalue weighted by Crippen LogP contribution is -2.21. The van der Waals surface area contributed by atoms with Crippen LogP contribution in [0.25, 0.3) is 0 Å². The van der Waals surface area contributed by atoms with E-state index in [-0.39, 0.29) is 11.8 Å². The highest BCUT2D eigenvalue weighted by Gasteiger charge is 2.38. The molecule has 146 valence electrons. The summed E-state index contributed by atoms with van der Waals surface area (Å²) in [5, 5.41) is 7.12. The molecule has 2 aromatic carbocycles. The SMILES string of the molecule is CN(C)c1ccc(C(CC(N)=O)c2ccccc2)cc1.O=C(O)C(F)(F)F. The molecule has 8 heteroatoms. The number of nitrogens with zero attached hydrogens (tertiary/aromatic N) is 1. The quantitative estimate of drug-likeness (QED) is 0.830. The van der Waals surface area contributed by atoms with E-state index in [4.69, 9.17) is 15.6 Å². The predicted octanol–water partition coefficient (Wildman–Crippen LogP) is 3.39. The van der Waals surface area contributed by atoms with Gasteiger partial charge in [-0.1, -0.05) is 42.5 Å². The van der Waals surface area contributed by atoms with Crippen LogP contribution in [-0.4, -0.2) is 37.3 Å². The van der Waals surface area contributed by atoms with E-state index < -0.39 is 12.1 Å². The second kappa shape index (κ2) is 9.61. The van der Waals surface area contributed by atoms with Gasteiger partial charge in [-0.2, -0.15) is 13.2 Å². The van der Waals surface area contributed by atoms with Gasteiger partial charge < -0.3 is 15.7 Å². The van der Waals surface area contributed by atoms with Crippen molar-refractivity contribution in [3.05, 3.63) is 65.7 Å². The summed E-state index contributed by atoms with van der Waals surface area (Å²) in [5.74, 6) is -3.02. The Bertz CT molecular complexity index is 745. The molecule has 0 saturated heterocycles. The molecule has 0 aliphatic heterocycles. The van der Waals surface area contributed by atoms with Crippen LogP contribution < -0.4 is 10.6 Å². The van der Waals surface area contributed by atoms with Crippen molar-refractivity contribution >= 4 is 17.6 Å². The minimum atomic E-state index is -5.08. The molecule has 2 aromatic rings. The van der Waals surface area contributed by atoms with Crippen molar-refractivity contribution in [3.63, 3.8) is 0 Å². The number of aliphatic carboxylic acids is 1. The summed E-state index contributed by atoms with van der Waals surface area (Å²) in [5.41, 5.74) is 8.76. The standard InChI is InChI=1S/C17H20N2O.C2HF3O2/c1-19(2)15-10-8-14(9-11-15)16(12-17(18)20)13-6-4-3-5-7-13;3-2(4,5)1(6)7/h3-11,16H,12H2,1-2H3,(H2,18,20);(H,6,7). The van der Waals surface area contributed by atoms with E-state index in [1.54, 1.807) is 0 Å². The molecule has 0 heterocycles. The highest BCUT2D eigenvalue weighted by Crippen LogP contribution is 2.29. The summed E-state index contributed by atoms with van der Waals surface area (Å²) in [7, 11) is 4.01. The van der Waals surface area contributed by atoms with Crippen molar-refractivity contribution in [1.29, 1.82) is 0 Å². The van der Waals surface area contributed by atoms with Crippen LogP contribution in [0.1, 0.15) is 23.5 Å². The number of amides is 1. The van der Waals surface area contributed by atoms with Crippen molar-refractivity contribution in [2.24, 2.45) is 5.73 Å². The van der Waals surface area contributed by atoms with E-state index in [9.17, 15) is 18.0 Å². The minimum absolute atomic E-state index is 0.0184. The van der Waals surface area contributed by atoms with Crippen LogP contribution in [0, 0.1) is 0 Å². The molecule has 0 aliphatic rings. The van der Waals surface area contributed by atoms with Crippen molar-refractivity contribution in [2.75, 3.05) is 19.0 Å². The van der Waals surface area contributed by atoms with E-state index >= 15 is 0 Å². The van der Waals surface area contributed by atoms with E-state index in [1.807, 2.05) is 44.4 Å². The fourth-order valence-corrected chi connectivity index (χ4v) is 2.32. The number of benzene rings is 2. The predicted molar refractivity (Wildman–Crippen MR) is 96.6 cm³/mol. The monoisotopic (exact) mass is 382 g/mol. The average molecular weight is 382 g/mol. The molecule has 1 unspecified atom stereocenters. The smallest absolute Gasteiger partial charge is 0.475 e. The second-order valence-corrected chi connectivity index (χ2v) is 5.92. The molecule has 5 nitrogen and oxygen atoms in total. The Morgan fingerprint density at radius 1 is 1.00 bits per heavy atom. The Morgan fingerprint density at radius 3 is 1.81 bits per heavy atom. The average Bonchev–Trinajstić information content (AvgIpc) is 2.60. The van der Waals surface area contributed by atoms with E-state index in [0.29, 0.717) is 6.42 Å². The van der Waals surface area contributed by atoms with Gasteiger partial charge in [-0.3, -0.25) is 4.79 Å². The maximum atomic E-state index is 11.3. The summed E-state index contributed by atoms with van der Waals surface area (Å²) in [6.07, 6.45) is -4.76. The second-order valence-electron chi connectivity index (χ2n) is 5.92. The van der Waals surface area contributed by atoms with Gasteiger partial charge >= 0.3 is 12.1 Å². The molecule has 0 aliphatic carbocycles. The van der Waals surface area contributed by atoms with Crippen LogP contribution in [0.5, 0.6) is 0 Å². The zero-order chi connectivity index (χ0) is 20.6. The third-order valence-electron chi connectivity index (χ3n) is 3.66. The highest BCUT2D eigenvalue weighted by atomic mass is 19.4. The Morgan fingerprint density at radius 2 is 1.44 bits per heavy atom. The first kappa shape index (κ1) is 22.0. The van der Waals surface area contributed by atoms with E-state index in [0.717, 1.165) is 16.8 Å². The van der Waals surface area contributed by atoms with Gasteiger partial charge in [0.15, 0.2) is 0 Å². The molecule has 1 atom stereocenters. The summed E-state index contributed by atoms with van der Waals surface area (Å²) >= 11 is 0. The first-order chi connectivity index (χ1) is 12.5. The number of carboxylic acid groups (broad SMARTS) is 1. The summed E-state index contributed by atoms with van der Waals surface area (Å²) in [6.45, 7) is 0. The Labute approximate surface area is 155 Å². The Balaban J connectivity index is 0.000000445. The maximum absolute atomic E-state index is 11.3. The number of carbonyl (C=O) groups excluding carboxylic acids is 1. The summed E-state index contributed by atoms with van der Waals surface area (Å²) in [4.78, 5) is 22.3. The number of nitrogens with two attached hydrogens (primary N) is 1. The van der Waals surface area contributed by atoms with E-state index in [2.05, 4.69) is 29.2 Å². The molecule has 0 spiro atoms. The number of alkyl halides is 3. The number of hydrogen-bond acceptors (Lipinski definition) is 3. The van der Waals surface area contributed by atoms with Gasteiger partial charge in [0.2, 0.25) is 5.91 Å². The number of primary amides is 1. The van der Waals surface area contributed by atoms with E-state index in [1.165, 1.54) is 0 Å².